The average Bonchev–Trinajstić information content (AvgIpc) is 2.18. The van der Waals surface area contributed by atoms with Gasteiger partial charge in [0.25, 0.3) is 0 Å². The van der Waals surface area contributed by atoms with Crippen LogP contribution in [0.15, 0.2) is 0 Å². The third-order valence-corrected chi connectivity index (χ3v) is 2.99. The zero-order valence-electron chi connectivity index (χ0n) is 9.92. The minimum Gasteiger partial charge on any atom is -0.450 e. The lowest BCUT2D eigenvalue weighted by atomic mass is 9.87. The number of rotatable bonds is 4. The highest BCUT2D eigenvalue weighted by molar-refractivity contribution is 5.67. The number of unbranched alkanes of at least 4 members (excludes halogenated alkanes) is 1. The van der Waals surface area contributed by atoms with E-state index in [9.17, 15) is 4.79 Å². The molecule has 0 aromatic carbocycles. The molecule has 1 saturated carbocycles. The molecule has 0 aromatic heterocycles. The standard InChI is InChI=1S/C12H23NO2/c1-3-4-8-15-12(14)13-11-7-5-6-10(2)9-11/h10-11H,3-9H2,1-2H3,(H,13,14). The van der Waals surface area contributed by atoms with Gasteiger partial charge < -0.3 is 10.1 Å². The van der Waals surface area contributed by atoms with Crippen LogP contribution >= 0.6 is 0 Å². The van der Waals surface area contributed by atoms with Crippen molar-refractivity contribution in [2.24, 2.45) is 5.92 Å². The number of hydrogen-bond donors (Lipinski definition) is 1. The third-order valence-electron chi connectivity index (χ3n) is 2.99. The number of alkyl carbamates (subject to hydrolysis) is 1. The molecule has 3 nitrogen and oxygen atoms in total. The minimum absolute atomic E-state index is 0.234. The fourth-order valence-electron chi connectivity index (χ4n) is 2.08. The van der Waals surface area contributed by atoms with E-state index in [2.05, 4.69) is 19.2 Å². The van der Waals surface area contributed by atoms with Crippen molar-refractivity contribution in [3.8, 4) is 0 Å². The summed E-state index contributed by atoms with van der Waals surface area (Å²) in [4.78, 5) is 11.4. The molecule has 2 unspecified atom stereocenters. The van der Waals surface area contributed by atoms with Crippen LogP contribution in [0.1, 0.15) is 52.4 Å². The topological polar surface area (TPSA) is 38.3 Å². The summed E-state index contributed by atoms with van der Waals surface area (Å²) in [6, 6.07) is 0.336. The van der Waals surface area contributed by atoms with Gasteiger partial charge >= 0.3 is 6.09 Å². The molecule has 0 aromatic rings. The molecule has 0 spiro atoms. The van der Waals surface area contributed by atoms with Gasteiger partial charge in [0.15, 0.2) is 0 Å². The summed E-state index contributed by atoms with van der Waals surface area (Å²) in [5.41, 5.74) is 0. The van der Waals surface area contributed by atoms with Crippen LogP contribution in [0, 0.1) is 5.92 Å². The molecular formula is C12H23NO2. The lowest BCUT2D eigenvalue weighted by Gasteiger charge is -2.27. The van der Waals surface area contributed by atoms with Crippen molar-refractivity contribution >= 4 is 6.09 Å². The van der Waals surface area contributed by atoms with Gasteiger partial charge in [0.2, 0.25) is 0 Å². The molecule has 1 amide bonds. The van der Waals surface area contributed by atoms with Crippen molar-refractivity contribution in [2.45, 2.75) is 58.4 Å². The number of carbonyl (C=O) groups is 1. The Morgan fingerprint density at radius 2 is 2.27 bits per heavy atom. The van der Waals surface area contributed by atoms with Crippen LogP contribution in [0.4, 0.5) is 4.79 Å². The Morgan fingerprint density at radius 1 is 1.47 bits per heavy atom. The highest BCUT2D eigenvalue weighted by atomic mass is 16.5. The minimum atomic E-state index is -0.234. The fourth-order valence-corrected chi connectivity index (χ4v) is 2.08. The van der Waals surface area contributed by atoms with Crippen LogP contribution in [0.5, 0.6) is 0 Å². The Morgan fingerprint density at radius 3 is 2.93 bits per heavy atom. The van der Waals surface area contributed by atoms with Gasteiger partial charge in [0.05, 0.1) is 6.61 Å². The molecule has 2 atom stereocenters. The highest BCUT2D eigenvalue weighted by Gasteiger charge is 2.20. The largest absolute Gasteiger partial charge is 0.450 e. The average molecular weight is 213 g/mol. The first-order chi connectivity index (χ1) is 7.22. The highest BCUT2D eigenvalue weighted by Crippen LogP contribution is 2.23. The first-order valence-electron chi connectivity index (χ1n) is 6.15. The molecule has 15 heavy (non-hydrogen) atoms. The van der Waals surface area contributed by atoms with Crippen molar-refractivity contribution in [1.29, 1.82) is 0 Å². The van der Waals surface area contributed by atoms with E-state index in [-0.39, 0.29) is 6.09 Å². The Balaban J connectivity index is 2.13. The summed E-state index contributed by atoms with van der Waals surface area (Å²) in [6.07, 6.45) is 6.50. The summed E-state index contributed by atoms with van der Waals surface area (Å²) < 4.78 is 5.07. The molecule has 0 heterocycles. The van der Waals surface area contributed by atoms with E-state index >= 15 is 0 Å². The van der Waals surface area contributed by atoms with Gasteiger partial charge in [-0.2, -0.15) is 0 Å². The van der Waals surface area contributed by atoms with Gasteiger partial charge in [-0.1, -0.05) is 33.1 Å². The Labute approximate surface area is 92.6 Å². The summed E-state index contributed by atoms with van der Waals surface area (Å²) in [7, 11) is 0. The second-order valence-electron chi connectivity index (χ2n) is 4.60. The number of hydrogen-bond acceptors (Lipinski definition) is 2. The van der Waals surface area contributed by atoms with E-state index in [1.54, 1.807) is 0 Å². The number of amides is 1. The summed E-state index contributed by atoms with van der Waals surface area (Å²) in [6.45, 7) is 4.88. The number of ether oxygens (including phenoxy) is 1. The Bertz CT molecular complexity index is 194. The Kier molecular flexibility index (Phi) is 5.51. The van der Waals surface area contributed by atoms with Crippen molar-refractivity contribution in [3.05, 3.63) is 0 Å². The van der Waals surface area contributed by atoms with Gasteiger partial charge in [-0.05, 0) is 25.2 Å². The van der Waals surface area contributed by atoms with Gasteiger partial charge in [-0.3, -0.25) is 0 Å². The van der Waals surface area contributed by atoms with E-state index in [0.29, 0.717) is 12.6 Å². The molecule has 1 rings (SSSR count). The zero-order valence-corrected chi connectivity index (χ0v) is 9.92. The van der Waals surface area contributed by atoms with Crippen LogP contribution in [0.2, 0.25) is 0 Å². The molecule has 0 radical (unpaired) electrons. The second kappa shape index (κ2) is 6.70. The monoisotopic (exact) mass is 213 g/mol. The predicted molar refractivity (Wildman–Crippen MR) is 60.8 cm³/mol. The van der Waals surface area contributed by atoms with Gasteiger partial charge in [-0.25, -0.2) is 4.79 Å². The van der Waals surface area contributed by atoms with Crippen molar-refractivity contribution in [1.82, 2.24) is 5.32 Å². The molecule has 1 aliphatic carbocycles. The molecule has 0 saturated heterocycles. The quantitative estimate of drug-likeness (QED) is 0.729. The van der Waals surface area contributed by atoms with Crippen molar-refractivity contribution in [2.75, 3.05) is 6.61 Å². The normalized spacial score (nSPS) is 26.0. The molecule has 0 bridgehead atoms. The van der Waals surface area contributed by atoms with Crippen LogP contribution in [0.25, 0.3) is 0 Å². The second-order valence-corrected chi connectivity index (χ2v) is 4.60. The lowest BCUT2D eigenvalue weighted by molar-refractivity contribution is 0.136. The predicted octanol–water partition coefficient (Wildman–Crippen LogP) is 3.09. The smallest absolute Gasteiger partial charge is 0.407 e. The third kappa shape index (κ3) is 5.05. The fraction of sp³-hybridized carbons (Fsp3) is 0.917. The first kappa shape index (κ1) is 12.3. The SMILES string of the molecule is CCCCOC(=O)NC1CCCC(C)C1. The lowest BCUT2D eigenvalue weighted by Crippen LogP contribution is -2.38. The van der Waals surface area contributed by atoms with Crippen LogP contribution in [-0.2, 0) is 4.74 Å². The van der Waals surface area contributed by atoms with E-state index in [1.165, 1.54) is 12.8 Å². The Hall–Kier alpha value is -0.730. The molecular weight excluding hydrogens is 190 g/mol. The number of nitrogens with one attached hydrogen (secondary N) is 1. The molecule has 1 fully saturated rings. The van der Waals surface area contributed by atoms with E-state index in [4.69, 9.17) is 4.74 Å². The van der Waals surface area contributed by atoms with Crippen LogP contribution in [0.3, 0.4) is 0 Å². The van der Waals surface area contributed by atoms with Gasteiger partial charge in [-0.15, -0.1) is 0 Å². The molecule has 3 heteroatoms. The molecule has 1 N–H and O–H groups in total. The summed E-state index contributed by atoms with van der Waals surface area (Å²) in [5, 5.41) is 2.95. The van der Waals surface area contributed by atoms with Crippen LogP contribution < -0.4 is 5.32 Å². The first-order valence-corrected chi connectivity index (χ1v) is 6.15. The van der Waals surface area contributed by atoms with Gasteiger partial charge in [0.1, 0.15) is 0 Å². The maximum atomic E-state index is 11.4. The van der Waals surface area contributed by atoms with Crippen molar-refractivity contribution < 1.29 is 9.53 Å². The van der Waals surface area contributed by atoms with E-state index in [0.717, 1.165) is 31.6 Å². The molecule has 0 aliphatic heterocycles. The zero-order chi connectivity index (χ0) is 11.1. The van der Waals surface area contributed by atoms with E-state index < -0.39 is 0 Å². The van der Waals surface area contributed by atoms with Gasteiger partial charge in [0, 0.05) is 6.04 Å². The van der Waals surface area contributed by atoms with Crippen molar-refractivity contribution in [3.63, 3.8) is 0 Å². The maximum absolute atomic E-state index is 11.4. The molecule has 1 aliphatic rings. The summed E-state index contributed by atoms with van der Waals surface area (Å²) in [5.74, 6) is 0.736. The van der Waals surface area contributed by atoms with Crippen LogP contribution in [-0.4, -0.2) is 18.7 Å². The van der Waals surface area contributed by atoms with E-state index in [1.807, 2.05) is 0 Å². The maximum Gasteiger partial charge on any atom is 0.407 e. The molecule has 88 valence electrons. The number of carbonyl (C=O) groups excluding carboxylic acids is 1. The summed E-state index contributed by atoms with van der Waals surface area (Å²) >= 11 is 0.